The van der Waals surface area contributed by atoms with E-state index in [1.54, 1.807) is 23.9 Å². The Hall–Kier alpha value is -2.60. The molecular weight excluding hydrogens is 373 g/mol. The molecule has 0 saturated carbocycles. The Balaban J connectivity index is 1.48. The zero-order valence-corrected chi connectivity index (χ0v) is 16.9. The summed E-state index contributed by atoms with van der Waals surface area (Å²) in [6.07, 6.45) is 0. The third kappa shape index (κ3) is 5.45. The molecule has 4 nitrogen and oxygen atoms in total. The molecule has 28 heavy (non-hydrogen) atoms. The van der Waals surface area contributed by atoms with E-state index >= 15 is 0 Å². The molecule has 0 radical (unpaired) electrons. The number of nitrogens with zero attached hydrogens (tertiary/aromatic N) is 2. The maximum absolute atomic E-state index is 13.6. The molecule has 146 valence electrons. The Bertz CT molecular complexity index is 954. The first kappa shape index (κ1) is 20.1. The lowest BCUT2D eigenvalue weighted by Crippen LogP contribution is -2.25. The number of aromatic nitrogens is 2. The van der Waals surface area contributed by atoms with Gasteiger partial charge in [0.15, 0.2) is 0 Å². The van der Waals surface area contributed by atoms with Crippen molar-refractivity contribution in [2.45, 2.75) is 26.1 Å². The molecule has 0 bridgehead atoms. The second kappa shape index (κ2) is 9.55. The van der Waals surface area contributed by atoms with Crippen molar-refractivity contribution in [3.63, 3.8) is 0 Å². The third-order valence-corrected chi connectivity index (χ3v) is 5.38. The molecule has 2 aromatic carbocycles. The molecule has 1 amide bonds. The Morgan fingerprint density at radius 1 is 1.14 bits per heavy atom. The maximum Gasteiger partial charge on any atom is 0.251 e. The van der Waals surface area contributed by atoms with E-state index in [4.69, 9.17) is 0 Å². The highest BCUT2D eigenvalue weighted by molar-refractivity contribution is 7.98. The largest absolute Gasteiger partial charge is 0.351 e. The van der Waals surface area contributed by atoms with Crippen LogP contribution >= 0.6 is 11.8 Å². The second-order valence-electron chi connectivity index (χ2n) is 6.69. The van der Waals surface area contributed by atoms with Crippen LogP contribution in [0.25, 0.3) is 0 Å². The third-order valence-electron chi connectivity index (χ3n) is 4.37. The van der Waals surface area contributed by atoms with Crippen LogP contribution in [0.1, 0.15) is 32.9 Å². The Kier molecular flexibility index (Phi) is 6.87. The smallest absolute Gasteiger partial charge is 0.251 e. The van der Waals surface area contributed by atoms with Gasteiger partial charge in [0.2, 0.25) is 0 Å². The quantitative estimate of drug-likeness (QED) is 0.575. The molecule has 0 saturated heterocycles. The van der Waals surface area contributed by atoms with E-state index < -0.39 is 0 Å². The summed E-state index contributed by atoms with van der Waals surface area (Å²) in [4.78, 5) is 12.4. The zero-order chi connectivity index (χ0) is 19.9. The molecule has 0 aliphatic heterocycles. The van der Waals surface area contributed by atoms with E-state index in [1.165, 1.54) is 6.07 Å². The fourth-order valence-electron chi connectivity index (χ4n) is 2.96. The van der Waals surface area contributed by atoms with Crippen LogP contribution in [0, 0.1) is 19.7 Å². The number of carbonyl (C=O) groups excluding carboxylic acids is 1. The van der Waals surface area contributed by atoms with Gasteiger partial charge in [-0.05, 0) is 49.2 Å². The van der Waals surface area contributed by atoms with E-state index in [9.17, 15) is 9.18 Å². The normalized spacial score (nSPS) is 10.8. The minimum atomic E-state index is -0.182. The summed E-state index contributed by atoms with van der Waals surface area (Å²) >= 11 is 1.60. The van der Waals surface area contributed by atoms with Gasteiger partial charge in [0, 0.05) is 29.3 Å². The van der Waals surface area contributed by atoms with Crippen molar-refractivity contribution in [3.8, 4) is 0 Å². The highest BCUT2D eigenvalue weighted by Crippen LogP contribution is 2.15. The number of thioether (sulfide) groups is 1. The molecule has 1 N–H and O–H groups in total. The molecule has 0 fully saturated rings. The number of hydrogen-bond acceptors (Lipinski definition) is 3. The first-order chi connectivity index (χ1) is 13.5. The van der Waals surface area contributed by atoms with E-state index in [0.29, 0.717) is 30.0 Å². The van der Waals surface area contributed by atoms with E-state index in [1.807, 2.05) is 54.9 Å². The highest BCUT2D eigenvalue weighted by atomic mass is 32.2. The van der Waals surface area contributed by atoms with Crippen molar-refractivity contribution in [1.82, 2.24) is 15.1 Å². The molecule has 0 spiro atoms. The van der Waals surface area contributed by atoms with Crippen LogP contribution in [0.15, 0.2) is 54.6 Å². The molecule has 3 rings (SSSR count). The number of benzene rings is 2. The van der Waals surface area contributed by atoms with Gasteiger partial charge in [0.05, 0.1) is 12.2 Å². The van der Waals surface area contributed by atoms with Gasteiger partial charge in [-0.15, -0.1) is 0 Å². The molecule has 6 heteroatoms. The van der Waals surface area contributed by atoms with Crippen LogP contribution < -0.4 is 5.32 Å². The Labute approximate surface area is 169 Å². The summed E-state index contributed by atoms with van der Waals surface area (Å²) in [7, 11) is 0. The van der Waals surface area contributed by atoms with Gasteiger partial charge in [-0.1, -0.05) is 30.3 Å². The Morgan fingerprint density at radius 3 is 2.71 bits per heavy atom. The van der Waals surface area contributed by atoms with Crippen molar-refractivity contribution in [1.29, 1.82) is 0 Å². The van der Waals surface area contributed by atoms with E-state index in [0.717, 1.165) is 22.7 Å². The average Bonchev–Trinajstić information content (AvgIpc) is 2.99. The average molecular weight is 398 g/mol. The van der Waals surface area contributed by atoms with Gasteiger partial charge in [-0.25, -0.2) is 4.39 Å². The molecule has 1 heterocycles. The van der Waals surface area contributed by atoms with Gasteiger partial charge in [0.1, 0.15) is 5.82 Å². The van der Waals surface area contributed by atoms with Crippen LogP contribution in [-0.2, 0) is 12.3 Å². The van der Waals surface area contributed by atoms with E-state index in [2.05, 4.69) is 10.4 Å². The van der Waals surface area contributed by atoms with Crippen molar-refractivity contribution in [2.24, 2.45) is 0 Å². The van der Waals surface area contributed by atoms with Crippen LogP contribution in [-0.4, -0.2) is 28.0 Å². The molecule has 1 aromatic heterocycles. The number of rotatable bonds is 8. The second-order valence-corrected chi connectivity index (χ2v) is 7.79. The molecular formula is C22H24FN3OS. The number of aryl methyl sites for hydroxylation is 2. The number of carbonyl (C=O) groups is 1. The minimum absolute atomic E-state index is 0.0956. The predicted molar refractivity (Wildman–Crippen MR) is 112 cm³/mol. The lowest BCUT2D eigenvalue weighted by molar-refractivity contribution is 0.0956. The summed E-state index contributed by atoms with van der Waals surface area (Å²) in [5, 5.41) is 7.40. The number of nitrogens with one attached hydrogen (secondary N) is 1. The van der Waals surface area contributed by atoms with E-state index in [-0.39, 0.29) is 11.7 Å². The van der Waals surface area contributed by atoms with Gasteiger partial charge >= 0.3 is 0 Å². The van der Waals surface area contributed by atoms with Crippen LogP contribution in [0.4, 0.5) is 4.39 Å². The number of halogens is 1. The van der Waals surface area contributed by atoms with Gasteiger partial charge in [0.25, 0.3) is 5.91 Å². The SMILES string of the molecule is Cc1cc(C)n(Cc2cccc(C(=O)NCCSCc3ccccc3F)c2)n1. The monoisotopic (exact) mass is 397 g/mol. The lowest BCUT2D eigenvalue weighted by Gasteiger charge is -2.09. The molecule has 3 aromatic rings. The zero-order valence-electron chi connectivity index (χ0n) is 16.1. The highest BCUT2D eigenvalue weighted by Gasteiger charge is 2.08. The van der Waals surface area contributed by atoms with Gasteiger partial charge in [-0.2, -0.15) is 16.9 Å². The standard InChI is InChI=1S/C22H24FN3OS/c1-16-12-17(2)26(25-16)14-18-6-5-8-19(13-18)22(27)24-10-11-28-15-20-7-3-4-9-21(20)23/h3-9,12-13H,10-11,14-15H2,1-2H3,(H,24,27). The molecule has 0 aliphatic rings. The first-order valence-electron chi connectivity index (χ1n) is 9.22. The molecule has 0 atom stereocenters. The molecule has 0 aliphatic carbocycles. The predicted octanol–water partition coefficient (Wildman–Crippen LogP) is 4.35. The summed E-state index contributed by atoms with van der Waals surface area (Å²) in [5.74, 6) is 1.05. The van der Waals surface area contributed by atoms with Crippen molar-refractivity contribution in [2.75, 3.05) is 12.3 Å². The molecule has 0 unspecified atom stereocenters. The topological polar surface area (TPSA) is 46.9 Å². The first-order valence-corrected chi connectivity index (χ1v) is 10.4. The fourth-order valence-corrected chi connectivity index (χ4v) is 3.80. The van der Waals surface area contributed by atoms with Crippen LogP contribution in [0.2, 0.25) is 0 Å². The van der Waals surface area contributed by atoms with Crippen LogP contribution in [0.5, 0.6) is 0 Å². The van der Waals surface area contributed by atoms with Crippen molar-refractivity contribution in [3.05, 3.63) is 88.5 Å². The summed E-state index contributed by atoms with van der Waals surface area (Å²) in [6, 6.07) is 16.4. The lowest BCUT2D eigenvalue weighted by atomic mass is 10.1. The summed E-state index contributed by atoms with van der Waals surface area (Å²) in [5.41, 5.74) is 4.44. The summed E-state index contributed by atoms with van der Waals surface area (Å²) in [6.45, 7) is 5.17. The maximum atomic E-state index is 13.6. The Morgan fingerprint density at radius 2 is 1.96 bits per heavy atom. The van der Waals surface area contributed by atoms with Gasteiger partial charge < -0.3 is 5.32 Å². The van der Waals surface area contributed by atoms with Crippen molar-refractivity contribution < 1.29 is 9.18 Å². The van der Waals surface area contributed by atoms with Gasteiger partial charge in [-0.3, -0.25) is 9.48 Å². The van der Waals surface area contributed by atoms with Crippen molar-refractivity contribution >= 4 is 17.7 Å². The minimum Gasteiger partial charge on any atom is -0.351 e. The fraction of sp³-hybridized carbons (Fsp3) is 0.273. The van der Waals surface area contributed by atoms with Crippen LogP contribution in [0.3, 0.4) is 0 Å². The summed E-state index contributed by atoms with van der Waals surface area (Å²) < 4.78 is 15.5. The number of amides is 1. The number of hydrogen-bond donors (Lipinski definition) is 1.